The number of amides is 4. The molecule has 2 aliphatic carbocycles. The van der Waals surface area contributed by atoms with Gasteiger partial charge in [-0.15, -0.1) is 0 Å². The molecule has 0 saturated carbocycles. The summed E-state index contributed by atoms with van der Waals surface area (Å²) < 4.78 is 44.8. The average molecular weight is 1550 g/mol. The van der Waals surface area contributed by atoms with Gasteiger partial charge in [0.1, 0.15) is 13.2 Å². The second kappa shape index (κ2) is 27.8. The van der Waals surface area contributed by atoms with E-state index in [4.69, 9.17) is 34.2 Å². The van der Waals surface area contributed by atoms with Gasteiger partial charge in [-0.25, -0.2) is 9.59 Å². The summed E-state index contributed by atoms with van der Waals surface area (Å²) in [4.78, 5) is 91.4. The van der Waals surface area contributed by atoms with Gasteiger partial charge in [0, 0.05) is 11.8 Å². The number of hydrogen-bond donors (Lipinski definition) is 4. The summed E-state index contributed by atoms with van der Waals surface area (Å²) in [5, 5.41) is 16.0. The molecule has 8 aliphatic rings. The number of unbranched alkanes of at least 4 members (excludes halogenated alkanes) is 1. The minimum absolute atomic E-state index is 0.0885. The number of fused-ring (bicyclic) bond motifs is 18. The Balaban J connectivity index is 0.665. The number of nitrogens with one attached hydrogen (secondary N) is 4. The summed E-state index contributed by atoms with van der Waals surface area (Å²) in [5.74, 6) is 2.58. The van der Waals surface area contributed by atoms with Gasteiger partial charge in [0.15, 0.2) is 0 Å². The normalized spacial score (nSPS) is 16.6. The molecule has 10 aromatic rings. The first-order chi connectivity index (χ1) is 54.5. The zero-order valence-corrected chi connectivity index (χ0v) is 66.6. The molecule has 4 amide bonds. The van der Waals surface area contributed by atoms with Crippen LogP contribution < -0.4 is 32.2 Å². The molecule has 0 bridgehead atoms. The Morgan fingerprint density at radius 1 is 0.429 bits per heavy atom. The molecule has 0 atom stereocenters. The van der Waals surface area contributed by atoms with Gasteiger partial charge in [-0.3, -0.25) is 4.79 Å². The number of rotatable bonds is 30. The number of esters is 1. The molecule has 0 radical (unpaired) electrons. The molecule has 1 spiro atoms. The van der Waals surface area contributed by atoms with E-state index in [9.17, 15) is 27.4 Å². The molecule has 0 fully saturated rings. The molecule has 18 rings (SSSR count). The van der Waals surface area contributed by atoms with Crippen molar-refractivity contribution in [2.75, 3.05) is 46.5 Å². The van der Waals surface area contributed by atoms with Crippen molar-refractivity contribution in [1.29, 1.82) is 0 Å². The second-order valence-electron chi connectivity index (χ2n) is 31.8. The Morgan fingerprint density at radius 3 is 1.24 bits per heavy atom. The zero-order valence-electron chi connectivity index (χ0n) is 63.6. The standard InChI is InChI=1S/C87H90N12O10Si3/c1-105-76(101)47-23-22-46-75(100)88-50-26-52-110(2,3)108-112(96-77-65-38-14-15-39-66(65)78(96)93-80-69-42-18-19-43-70(69)82(98(80)112)95-84-72-45-21-20-44-71(72)83(99(84)112)94-81-68-41-17-16-40-67(68)79(92-77)97(81)112)109-111(4,5)53-27-51-89-85(102)56(28-24-48-90-86(103)106-54-73-61-34-10-6-30-57(61)58-31-7-11-35-62(58)73)29-25-49-91-87(104)107-55-74-63-36-12-8-32-59(63)60-33-9-13-37-64(60)74/h6-21,30-45,56,73-74H,22-29,46-55H2,1-5H3,(H,88,100)(H,89,102)(H,90,103)(H,91,104). The summed E-state index contributed by atoms with van der Waals surface area (Å²) in [7, 11) is -12.6. The molecular formula is C87H90N12O10Si3. The Bertz CT molecular complexity index is 5560. The van der Waals surface area contributed by atoms with Gasteiger partial charge < -0.3 is 14.2 Å². The molecule has 0 saturated heterocycles. The molecular weight excluding hydrogens is 1460 g/mol. The van der Waals surface area contributed by atoms with Crippen LogP contribution in [0.15, 0.2) is 214 Å². The average Bonchev–Trinajstić information content (AvgIpc) is 1.30. The Kier molecular flexibility index (Phi) is 17.9. The third-order valence-electron chi connectivity index (χ3n) is 24.0. The van der Waals surface area contributed by atoms with Gasteiger partial charge in [-0.1, -0.05) is 97.1 Å². The maximum absolute atomic E-state index is 15.1. The van der Waals surface area contributed by atoms with E-state index in [0.29, 0.717) is 122 Å². The number of ether oxygens (including phenoxy) is 3. The number of carbonyl (C=O) groups is 5. The van der Waals surface area contributed by atoms with E-state index in [1.54, 1.807) is 0 Å². The molecule has 0 unspecified atom stereocenters. The molecule has 2 aromatic heterocycles. The van der Waals surface area contributed by atoms with E-state index in [0.717, 1.165) is 88.3 Å². The predicted octanol–water partition coefficient (Wildman–Crippen LogP) is 13.8. The van der Waals surface area contributed by atoms with Crippen LogP contribution in [0.5, 0.6) is 0 Å². The van der Waals surface area contributed by atoms with Crippen LogP contribution in [-0.2, 0) is 36.8 Å². The van der Waals surface area contributed by atoms with Crippen LogP contribution in [0.4, 0.5) is 21.2 Å². The van der Waals surface area contributed by atoms with Crippen molar-refractivity contribution in [2.45, 2.75) is 114 Å². The fraction of sp³-hybridized carbons (Fsp3) is 0.299. The van der Waals surface area contributed by atoms with Crippen molar-refractivity contribution in [3.05, 3.63) is 250 Å². The van der Waals surface area contributed by atoms with E-state index in [1.807, 2.05) is 97.1 Å². The Labute approximate surface area is 650 Å². The van der Waals surface area contributed by atoms with Gasteiger partial charge in [0.05, 0.1) is 7.11 Å². The van der Waals surface area contributed by atoms with Gasteiger partial charge in [0.2, 0.25) is 0 Å². The van der Waals surface area contributed by atoms with Crippen molar-refractivity contribution >= 4 is 111 Å². The van der Waals surface area contributed by atoms with Crippen LogP contribution in [0.3, 0.4) is 0 Å². The number of methoxy groups -OCH3 is 1. The van der Waals surface area contributed by atoms with E-state index >= 15 is 4.79 Å². The quantitative estimate of drug-likeness (QED) is 0.0144. The van der Waals surface area contributed by atoms with E-state index in [-0.39, 0.29) is 68.8 Å². The Morgan fingerprint density at radius 2 is 0.804 bits per heavy atom. The van der Waals surface area contributed by atoms with E-state index in [1.165, 1.54) is 7.11 Å². The molecule has 22 nitrogen and oxygen atoms in total. The summed E-state index contributed by atoms with van der Waals surface area (Å²) in [6.07, 6.45) is 3.55. The van der Waals surface area contributed by atoms with Gasteiger partial charge >= 0.3 is 452 Å². The maximum atomic E-state index is 15.1. The minimum atomic E-state index is -7.11. The number of carbonyl (C=O) groups excluding carboxylic acids is 5. The second-order valence-corrected chi connectivity index (χ2v) is 46.1. The van der Waals surface area contributed by atoms with Crippen molar-refractivity contribution in [3.8, 4) is 22.3 Å². The van der Waals surface area contributed by atoms with Crippen molar-refractivity contribution < 1.29 is 54.9 Å². The van der Waals surface area contributed by atoms with Crippen LogP contribution in [0.2, 0.25) is 38.3 Å². The van der Waals surface area contributed by atoms with Crippen molar-refractivity contribution in [1.82, 2.24) is 29.7 Å². The topological polar surface area (TPSA) is 245 Å². The van der Waals surface area contributed by atoms with Gasteiger partial charge in [-0.05, 0) is 44.5 Å². The molecule has 8 aromatic carbocycles. The number of alkyl carbamates (subject to hydrolysis) is 2. The molecule has 570 valence electrons. The number of hydrogen-bond acceptors (Lipinski definition) is 14. The fourth-order valence-electron chi connectivity index (χ4n) is 19.4. The van der Waals surface area contributed by atoms with E-state index in [2.05, 4.69) is 161 Å². The summed E-state index contributed by atoms with van der Waals surface area (Å²) in [6.45, 7) is 10.7. The first-order valence-electron chi connectivity index (χ1n) is 39.4. The molecule has 8 heterocycles. The number of benzene rings is 8. The fourth-order valence-corrected chi connectivity index (χ4v) is 41.7. The molecule has 112 heavy (non-hydrogen) atoms. The third-order valence-corrected chi connectivity index (χ3v) is 40.6. The van der Waals surface area contributed by atoms with Crippen LogP contribution in [-0.4, -0.2) is 141 Å². The van der Waals surface area contributed by atoms with Crippen LogP contribution in [0.1, 0.15) is 121 Å². The predicted molar refractivity (Wildman–Crippen MR) is 437 cm³/mol. The van der Waals surface area contributed by atoms with Crippen molar-refractivity contribution in [2.24, 2.45) is 25.9 Å². The zero-order chi connectivity index (χ0) is 76.7. The van der Waals surface area contributed by atoms with Crippen LogP contribution in [0.25, 0.3) is 43.8 Å². The summed E-state index contributed by atoms with van der Waals surface area (Å²) in [6, 6.07) is 67.5. The first-order valence-corrected chi connectivity index (χ1v) is 48.3. The van der Waals surface area contributed by atoms with E-state index < -0.39 is 42.5 Å². The molecule has 25 heteroatoms. The molecule has 6 aliphatic heterocycles. The summed E-state index contributed by atoms with van der Waals surface area (Å²) in [5.41, 5.74) is 13.8. The number of amidine groups is 4. The van der Waals surface area contributed by atoms with Crippen LogP contribution in [0, 0.1) is 5.92 Å². The Hall–Kier alpha value is -11.4. The number of aliphatic imine (C=N–C) groups is 2. The van der Waals surface area contributed by atoms with Crippen molar-refractivity contribution in [3.63, 3.8) is 0 Å². The van der Waals surface area contributed by atoms with Gasteiger partial charge in [-0.2, -0.15) is 0 Å². The first kappa shape index (κ1) is 72.2. The number of nitrogens with zero attached hydrogens (tertiary/aromatic N) is 8. The SMILES string of the molecule is COC(=O)CCCCC(=O)NCCC[Si](C)(C)O[Si-2]123(O[Si](C)(C)CCCNC(=O)C(CCCNC(=O)OCC4c5ccccc5-c5ccccc54)CCCNC(=O)OCC4c5ccccc5-c5ccccc54)n4c5c6ccccc6c4N=C4c6ccccc6C(=[N+]41)N=c1c4ccccc4c(n12)=NC1=[N+]3C(=N5)c2ccccc21. The van der Waals surface area contributed by atoms with Crippen LogP contribution >= 0.6 is 0 Å². The third kappa shape index (κ3) is 11.2. The summed E-state index contributed by atoms with van der Waals surface area (Å²) >= 11 is 0. The van der Waals surface area contributed by atoms with Gasteiger partial charge in [0.25, 0.3) is 0 Å². The number of aromatic nitrogens is 2. The molecule has 4 N–H and O–H groups in total. The monoisotopic (exact) mass is 1550 g/mol.